The Morgan fingerprint density at radius 1 is 1.44 bits per heavy atom. The van der Waals surface area contributed by atoms with Crippen molar-refractivity contribution in [1.29, 1.82) is 0 Å². The highest BCUT2D eigenvalue weighted by molar-refractivity contribution is 7.12. The Hall–Kier alpha value is -0.380. The van der Waals surface area contributed by atoms with Crippen LogP contribution in [0.5, 0.6) is 0 Å². The fourth-order valence-electron chi connectivity index (χ4n) is 1.95. The summed E-state index contributed by atoms with van der Waals surface area (Å²) >= 11 is 1.83. The van der Waals surface area contributed by atoms with Crippen LogP contribution in [0, 0.1) is 13.8 Å². The van der Waals surface area contributed by atoms with Crippen molar-refractivity contribution in [2.45, 2.75) is 52.7 Å². The van der Waals surface area contributed by atoms with Crippen LogP contribution < -0.4 is 5.32 Å². The second-order valence-corrected chi connectivity index (χ2v) is 6.25. The van der Waals surface area contributed by atoms with Gasteiger partial charge in [-0.3, -0.25) is 0 Å². The monoisotopic (exact) mass is 241 g/mol. The van der Waals surface area contributed by atoms with Gasteiger partial charge in [-0.1, -0.05) is 13.3 Å². The molecule has 16 heavy (non-hydrogen) atoms. The molecule has 1 atom stereocenters. The van der Waals surface area contributed by atoms with Crippen molar-refractivity contribution in [3.63, 3.8) is 0 Å². The van der Waals surface area contributed by atoms with Gasteiger partial charge in [0.15, 0.2) is 0 Å². The molecule has 0 saturated carbocycles. The highest BCUT2D eigenvalue weighted by Crippen LogP contribution is 2.20. The molecule has 0 aromatic carbocycles. The van der Waals surface area contributed by atoms with Gasteiger partial charge in [-0.15, -0.1) is 11.3 Å². The molecule has 0 aliphatic heterocycles. The third-order valence-electron chi connectivity index (χ3n) is 2.75. The summed E-state index contributed by atoms with van der Waals surface area (Å²) in [7, 11) is 0. The lowest BCUT2D eigenvalue weighted by Crippen LogP contribution is -2.37. The number of rotatable bonds is 6. The second kappa shape index (κ2) is 5.80. The molecule has 0 aliphatic carbocycles. The third kappa shape index (κ3) is 4.24. The lowest BCUT2D eigenvalue weighted by Gasteiger charge is -2.23. The van der Waals surface area contributed by atoms with E-state index in [0.29, 0.717) is 6.54 Å². The molecule has 92 valence electrons. The average molecular weight is 241 g/mol. The zero-order valence-electron chi connectivity index (χ0n) is 10.8. The van der Waals surface area contributed by atoms with Gasteiger partial charge in [-0.05, 0) is 38.8 Å². The second-order valence-electron chi connectivity index (χ2n) is 4.79. The SMILES string of the molecule is CCCC(C)(O)CNCc1cc(C)sc1C. The molecule has 2 N–H and O–H groups in total. The highest BCUT2D eigenvalue weighted by atomic mass is 32.1. The number of hydrogen-bond acceptors (Lipinski definition) is 3. The molecular weight excluding hydrogens is 218 g/mol. The summed E-state index contributed by atoms with van der Waals surface area (Å²) in [5, 5.41) is 13.3. The maximum absolute atomic E-state index is 10.0. The van der Waals surface area contributed by atoms with E-state index < -0.39 is 5.60 Å². The molecule has 0 aliphatic rings. The molecule has 1 unspecified atom stereocenters. The third-order valence-corrected chi connectivity index (χ3v) is 3.76. The van der Waals surface area contributed by atoms with Crippen LogP contribution in [0.15, 0.2) is 6.07 Å². The zero-order chi connectivity index (χ0) is 12.2. The Balaban J connectivity index is 2.38. The van der Waals surface area contributed by atoms with Crippen LogP contribution in [0.1, 0.15) is 42.0 Å². The quantitative estimate of drug-likeness (QED) is 0.802. The molecule has 0 saturated heterocycles. The van der Waals surface area contributed by atoms with Gasteiger partial charge in [0.25, 0.3) is 0 Å². The van der Waals surface area contributed by atoms with Crippen molar-refractivity contribution >= 4 is 11.3 Å². The molecule has 1 rings (SSSR count). The van der Waals surface area contributed by atoms with Gasteiger partial charge in [-0.2, -0.15) is 0 Å². The molecule has 0 amide bonds. The van der Waals surface area contributed by atoms with Crippen LogP contribution in [0.25, 0.3) is 0 Å². The molecule has 1 aromatic heterocycles. The van der Waals surface area contributed by atoms with E-state index >= 15 is 0 Å². The normalized spacial score (nSPS) is 15.1. The standard InChI is InChI=1S/C13H23NOS/c1-5-6-13(4,15)9-14-8-12-7-10(2)16-11(12)3/h7,14-15H,5-6,8-9H2,1-4H3. The Bertz CT molecular complexity index is 331. The summed E-state index contributed by atoms with van der Waals surface area (Å²) in [5.41, 5.74) is 0.781. The molecule has 0 fully saturated rings. The maximum atomic E-state index is 10.0. The molecule has 1 heterocycles. The zero-order valence-corrected chi connectivity index (χ0v) is 11.6. The van der Waals surface area contributed by atoms with E-state index in [-0.39, 0.29) is 0 Å². The molecule has 0 radical (unpaired) electrons. The summed E-state index contributed by atoms with van der Waals surface area (Å²) < 4.78 is 0. The number of aryl methyl sites for hydroxylation is 2. The van der Waals surface area contributed by atoms with E-state index in [4.69, 9.17) is 0 Å². The van der Waals surface area contributed by atoms with E-state index in [0.717, 1.165) is 19.4 Å². The van der Waals surface area contributed by atoms with Gasteiger partial charge >= 0.3 is 0 Å². The van der Waals surface area contributed by atoms with Crippen molar-refractivity contribution in [3.05, 3.63) is 21.4 Å². The summed E-state index contributed by atoms with van der Waals surface area (Å²) in [6, 6.07) is 2.22. The summed E-state index contributed by atoms with van der Waals surface area (Å²) in [6.45, 7) is 9.80. The lowest BCUT2D eigenvalue weighted by molar-refractivity contribution is 0.0498. The first-order chi connectivity index (χ1) is 7.44. The molecule has 3 heteroatoms. The topological polar surface area (TPSA) is 32.3 Å². The van der Waals surface area contributed by atoms with Gasteiger partial charge in [0.05, 0.1) is 5.60 Å². The average Bonchev–Trinajstić information content (AvgIpc) is 2.44. The predicted molar refractivity (Wildman–Crippen MR) is 71.0 cm³/mol. The number of aliphatic hydroxyl groups is 1. The van der Waals surface area contributed by atoms with Crippen LogP contribution in [0.3, 0.4) is 0 Å². The van der Waals surface area contributed by atoms with Gasteiger partial charge in [0, 0.05) is 22.8 Å². The molecule has 0 spiro atoms. The van der Waals surface area contributed by atoms with Crippen molar-refractivity contribution in [2.24, 2.45) is 0 Å². The largest absolute Gasteiger partial charge is 0.389 e. The first-order valence-corrected chi connectivity index (χ1v) is 6.75. The fourth-order valence-corrected chi connectivity index (χ4v) is 2.90. The molecule has 2 nitrogen and oxygen atoms in total. The van der Waals surface area contributed by atoms with Crippen LogP contribution in [0.2, 0.25) is 0 Å². The first kappa shape index (κ1) is 13.7. The van der Waals surface area contributed by atoms with Crippen LogP contribution >= 0.6 is 11.3 Å². The van der Waals surface area contributed by atoms with Gasteiger partial charge in [-0.25, -0.2) is 0 Å². The summed E-state index contributed by atoms with van der Waals surface area (Å²) in [5.74, 6) is 0. The van der Waals surface area contributed by atoms with E-state index in [1.807, 2.05) is 18.3 Å². The minimum atomic E-state index is -0.576. The Kier molecular flexibility index (Phi) is 4.96. The smallest absolute Gasteiger partial charge is 0.0743 e. The van der Waals surface area contributed by atoms with E-state index in [1.165, 1.54) is 15.3 Å². The maximum Gasteiger partial charge on any atom is 0.0743 e. The number of nitrogens with one attached hydrogen (secondary N) is 1. The Morgan fingerprint density at radius 2 is 2.12 bits per heavy atom. The van der Waals surface area contributed by atoms with Gasteiger partial charge < -0.3 is 10.4 Å². The van der Waals surface area contributed by atoms with Crippen LogP contribution in [-0.4, -0.2) is 17.3 Å². The minimum absolute atomic E-state index is 0.576. The summed E-state index contributed by atoms with van der Waals surface area (Å²) in [6.07, 6.45) is 1.87. The lowest BCUT2D eigenvalue weighted by atomic mass is 10.0. The minimum Gasteiger partial charge on any atom is -0.389 e. The van der Waals surface area contributed by atoms with E-state index in [1.54, 1.807) is 0 Å². The molecule has 0 bridgehead atoms. The number of hydrogen-bond donors (Lipinski definition) is 2. The van der Waals surface area contributed by atoms with Crippen molar-refractivity contribution in [2.75, 3.05) is 6.54 Å². The molecular formula is C13H23NOS. The summed E-state index contributed by atoms with van der Waals surface area (Å²) in [4.78, 5) is 2.73. The van der Waals surface area contributed by atoms with Crippen molar-refractivity contribution in [1.82, 2.24) is 5.32 Å². The first-order valence-electron chi connectivity index (χ1n) is 5.93. The van der Waals surface area contributed by atoms with Crippen LogP contribution in [-0.2, 0) is 6.54 Å². The van der Waals surface area contributed by atoms with E-state index in [2.05, 4.69) is 32.2 Å². The molecule has 1 aromatic rings. The fraction of sp³-hybridized carbons (Fsp3) is 0.692. The predicted octanol–water partition coefficient (Wildman–Crippen LogP) is 3.01. The van der Waals surface area contributed by atoms with Crippen molar-refractivity contribution in [3.8, 4) is 0 Å². The number of thiophene rings is 1. The van der Waals surface area contributed by atoms with Gasteiger partial charge in [0.2, 0.25) is 0 Å². The Labute approximate surface area is 103 Å². The van der Waals surface area contributed by atoms with Crippen LogP contribution in [0.4, 0.5) is 0 Å². The van der Waals surface area contributed by atoms with Crippen molar-refractivity contribution < 1.29 is 5.11 Å². The van der Waals surface area contributed by atoms with Gasteiger partial charge in [0.1, 0.15) is 0 Å². The van der Waals surface area contributed by atoms with E-state index in [9.17, 15) is 5.11 Å². The Morgan fingerprint density at radius 3 is 2.62 bits per heavy atom. The highest BCUT2D eigenvalue weighted by Gasteiger charge is 2.18.